The molecule has 126 valence electrons. The molecule has 5 nitrogen and oxygen atoms in total. The Morgan fingerprint density at radius 1 is 1.32 bits per heavy atom. The maximum Gasteiger partial charge on any atom is 0.276 e. The highest BCUT2D eigenvalue weighted by Gasteiger charge is 2.14. The molecule has 9 heteroatoms. The quantitative estimate of drug-likeness (QED) is 0.313. The highest BCUT2D eigenvalue weighted by molar-refractivity contribution is 14.1. The summed E-state index contributed by atoms with van der Waals surface area (Å²) in [5.74, 6) is 0.762. The van der Waals surface area contributed by atoms with Crippen molar-refractivity contribution in [3.05, 3.63) is 56.5 Å². The van der Waals surface area contributed by atoms with E-state index >= 15 is 0 Å². The summed E-state index contributed by atoms with van der Waals surface area (Å²) in [4.78, 5) is 22.3. The summed E-state index contributed by atoms with van der Waals surface area (Å²) >= 11 is 9.22. The van der Waals surface area contributed by atoms with Gasteiger partial charge in [0.15, 0.2) is 10.6 Å². The molecule has 25 heavy (non-hydrogen) atoms. The molecule has 0 N–H and O–H groups in total. The molecule has 0 spiro atoms. The third-order valence-electron chi connectivity index (χ3n) is 3.58. The van der Waals surface area contributed by atoms with Gasteiger partial charge in [-0.25, -0.2) is 14.4 Å². The molecule has 3 heterocycles. The molecule has 4 rings (SSSR count). The molecule has 0 saturated carbocycles. The van der Waals surface area contributed by atoms with Crippen molar-refractivity contribution in [2.45, 2.75) is 0 Å². The van der Waals surface area contributed by atoms with Gasteiger partial charge in [-0.1, -0.05) is 11.3 Å². The SMILES string of the molecule is COc1c(I)cc(I)cc1C=c1sc2nc3cc(Br)cnc3n2c1=O. The predicted molar refractivity (Wildman–Crippen MR) is 120 cm³/mol. The molecule has 4 aromatic rings. The van der Waals surface area contributed by atoms with Gasteiger partial charge in [0.2, 0.25) is 0 Å². The summed E-state index contributed by atoms with van der Waals surface area (Å²) in [5, 5.41) is 0. The lowest BCUT2D eigenvalue weighted by molar-refractivity contribution is 0.410. The highest BCUT2D eigenvalue weighted by Crippen LogP contribution is 2.28. The predicted octanol–water partition coefficient (Wildman–Crippen LogP) is 3.83. The second-order valence-corrected chi connectivity index (χ2v) is 9.48. The van der Waals surface area contributed by atoms with Crippen LogP contribution in [0, 0.1) is 7.14 Å². The van der Waals surface area contributed by atoms with Crippen LogP contribution in [0.15, 0.2) is 33.7 Å². The van der Waals surface area contributed by atoms with Gasteiger partial charge in [-0.2, -0.15) is 0 Å². The van der Waals surface area contributed by atoms with Crippen molar-refractivity contribution in [2.75, 3.05) is 7.11 Å². The van der Waals surface area contributed by atoms with E-state index in [-0.39, 0.29) is 5.56 Å². The van der Waals surface area contributed by atoms with E-state index in [2.05, 4.69) is 71.1 Å². The van der Waals surface area contributed by atoms with Crippen LogP contribution in [0.25, 0.3) is 22.2 Å². The first kappa shape index (κ1) is 17.6. The van der Waals surface area contributed by atoms with E-state index < -0.39 is 0 Å². The largest absolute Gasteiger partial charge is 0.495 e. The van der Waals surface area contributed by atoms with Crippen molar-refractivity contribution >= 4 is 94.6 Å². The van der Waals surface area contributed by atoms with Crippen LogP contribution in [0.1, 0.15) is 5.56 Å². The second-order valence-electron chi connectivity index (χ2n) is 5.15. The zero-order chi connectivity index (χ0) is 17.7. The van der Waals surface area contributed by atoms with Gasteiger partial charge in [0.05, 0.1) is 15.2 Å². The van der Waals surface area contributed by atoms with Crippen LogP contribution >= 0.6 is 72.4 Å². The zero-order valence-corrected chi connectivity index (χ0v) is 19.3. The van der Waals surface area contributed by atoms with Gasteiger partial charge in [0.1, 0.15) is 11.3 Å². The Balaban J connectivity index is 2.01. The number of rotatable bonds is 2. The Labute approximate surface area is 181 Å². The molecule has 0 fully saturated rings. The Kier molecular flexibility index (Phi) is 4.75. The Morgan fingerprint density at radius 2 is 2.12 bits per heavy atom. The number of aromatic nitrogens is 3. The fourth-order valence-electron chi connectivity index (χ4n) is 2.56. The normalized spacial score (nSPS) is 12.4. The summed E-state index contributed by atoms with van der Waals surface area (Å²) in [6.07, 6.45) is 3.53. The average Bonchev–Trinajstić information content (AvgIpc) is 3.03. The lowest BCUT2D eigenvalue weighted by atomic mass is 10.2. The van der Waals surface area contributed by atoms with E-state index in [1.54, 1.807) is 17.7 Å². The van der Waals surface area contributed by atoms with E-state index in [1.165, 1.54) is 11.3 Å². The number of fused-ring (bicyclic) bond motifs is 3. The molecule has 0 atom stereocenters. The van der Waals surface area contributed by atoms with Crippen LogP contribution in [-0.2, 0) is 0 Å². The Hall–Kier alpha value is -0.790. The molecule has 1 aromatic carbocycles. The van der Waals surface area contributed by atoms with E-state index in [0.717, 1.165) is 22.9 Å². The first-order valence-electron chi connectivity index (χ1n) is 6.99. The fraction of sp³-hybridized carbons (Fsp3) is 0.0625. The molecule has 0 saturated heterocycles. The van der Waals surface area contributed by atoms with Crippen LogP contribution in [0.2, 0.25) is 0 Å². The van der Waals surface area contributed by atoms with E-state index in [1.807, 2.05) is 24.3 Å². The Bertz CT molecular complexity index is 1250. The molecule has 0 aliphatic heterocycles. The number of methoxy groups -OCH3 is 1. The molecular formula is C16H8BrI2N3O2S. The molecule has 0 amide bonds. The van der Waals surface area contributed by atoms with E-state index in [4.69, 9.17) is 4.74 Å². The summed E-state index contributed by atoms with van der Waals surface area (Å²) in [7, 11) is 1.64. The summed E-state index contributed by atoms with van der Waals surface area (Å²) in [6.45, 7) is 0. The lowest BCUT2D eigenvalue weighted by Crippen LogP contribution is -2.23. The highest BCUT2D eigenvalue weighted by atomic mass is 127. The summed E-state index contributed by atoms with van der Waals surface area (Å²) in [5.41, 5.74) is 2.03. The summed E-state index contributed by atoms with van der Waals surface area (Å²) in [6, 6.07) is 5.89. The van der Waals surface area contributed by atoms with Crippen LogP contribution in [0.3, 0.4) is 0 Å². The molecule has 0 aliphatic rings. The van der Waals surface area contributed by atoms with Crippen LogP contribution in [-0.4, -0.2) is 21.5 Å². The van der Waals surface area contributed by atoms with Gasteiger partial charge in [-0.3, -0.25) is 4.79 Å². The first-order valence-corrected chi connectivity index (χ1v) is 10.8. The second kappa shape index (κ2) is 6.74. The minimum absolute atomic E-state index is 0.117. The molecule has 0 unspecified atom stereocenters. The Morgan fingerprint density at radius 3 is 2.88 bits per heavy atom. The molecule has 0 radical (unpaired) electrons. The van der Waals surface area contributed by atoms with Crippen molar-refractivity contribution in [3.63, 3.8) is 0 Å². The number of thiazole rings is 1. The standard InChI is InChI=1S/C16H8BrI2N3O2S/c1-24-13-7(2-9(18)5-10(13)19)3-12-15(23)22-14-11(21-16(22)25-12)4-8(17)6-20-14/h2-6H,1H3. The van der Waals surface area contributed by atoms with Crippen LogP contribution in [0.4, 0.5) is 0 Å². The topological polar surface area (TPSA) is 56.5 Å². The summed E-state index contributed by atoms with van der Waals surface area (Å²) < 4.78 is 10.6. The van der Waals surface area contributed by atoms with Gasteiger partial charge in [0, 0.05) is 19.8 Å². The van der Waals surface area contributed by atoms with Crippen molar-refractivity contribution < 1.29 is 4.74 Å². The van der Waals surface area contributed by atoms with Gasteiger partial charge < -0.3 is 4.74 Å². The minimum Gasteiger partial charge on any atom is -0.495 e. The van der Waals surface area contributed by atoms with E-state index in [0.29, 0.717) is 20.7 Å². The monoisotopic (exact) mass is 639 g/mol. The van der Waals surface area contributed by atoms with Crippen molar-refractivity contribution in [2.24, 2.45) is 0 Å². The van der Waals surface area contributed by atoms with Crippen molar-refractivity contribution in [1.82, 2.24) is 14.4 Å². The smallest absolute Gasteiger partial charge is 0.276 e. The van der Waals surface area contributed by atoms with Gasteiger partial charge >= 0.3 is 0 Å². The van der Waals surface area contributed by atoms with Gasteiger partial charge in [-0.15, -0.1) is 0 Å². The number of hydrogen-bond donors (Lipinski definition) is 0. The maximum atomic E-state index is 12.9. The number of imidazole rings is 1. The molecule has 0 aliphatic carbocycles. The number of halogens is 3. The number of pyridine rings is 1. The third kappa shape index (κ3) is 3.08. The maximum absolute atomic E-state index is 12.9. The van der Waals surface area contributed by atoms with Gasteiger partial charge in [-0.05, 0) is 85.4 Å². The van der Waals surface area contributed by atoms with E-state index in [9.17, 15) is 4.79 Å². The molecular weight excluding hydrogens is 632 g/mol. The van der Waals surface area contributed by atoms with Crippen molar-refractivity contribution in [3.8, 4) is 5.75 Å². The number of nitrogens with zero attached hydrogens (tertiary/aromatic N) is 3. The number of hydrogen-bond acceptors (Lipinski definition) is 5. The lowest BCUT2D eigenvalue weighted by Gasteiger charge is -2.07. The zero-order valence-electron chi connectivity index (χ0n) is 12.6. The minimum atomic E-state index is -0.117. The molecule has 3 aromatic heterocycles. The number of ether oxygens (including phenoxy) is 1. The first-order chi connectivity index (χ1) is 12.0. The fourth-order valence-corrected chi connectivity index (χ4v) is 5.95. The van der Waals surface area contributed by atoms with Gasteiger partial charge in [0.25, 0.3) is 5.56 Å². The van der Waals surface area contributed by atoms with Crippen molar-refractivity contribution in [1.29, 1.82) is 0 Å². The van der Waals surface area contributed by atoms with Crippen LogP contribution in [0.5, 0.6) is 5.75 Å². The third-order valence-corrected chi connectivity index (χ3v) is 6.40. The average molecular weight is 640 g/mol. The molecule has 0 bridgehead atoms. The van der Waals surface area contributed by atoms with Crippen LogP contribution < -0.4 is 14.8 Å². The number of benzene rings is 1.